The SMILES string of the molecule is O=C(CN1C(=O)CSC1=O)NCCOc1ccccc1. The van der Waals surface area contributed by atoms with E-state index in [2.05, 4.69) is 5.32 Å². The first kappa shape index (κ1) is 14.4. The average Bonchev–Trinajstić information content (AvgIpc) is 2.77. The third kappa shape index (κ3) is 3.99. The van der Waals surface area contributed by atoms with Crippen LogP contribution < -0.4 is 10.1 Å². The minimum Gasteiger partial charge on any atom is -0.492 e. The molecule has 0 unspecified atom stereocenters. The zero-order valence-electron chi connectivity index (χ0n) is 10.7. The number of hydrogen-bond acceptors (Lipinski definition) is 5. The van der Waals surface area contributed by atoms with E-state index in [9.17, 15) is 14.4 Å². The van der Waals surface area contributed by atoms with Crippen LogP contribution in [0, 0.1) is 0 Å². The van der Waals surface area contributed by atoms with Crippen molar-refractivity contribution in [2.24, 2.45) is 0 Å². The van der Waals surface area contributed by atoms with E-state index in [4.69, 9.17) is 4.74 Å². The van der Waals surface area contributed by atoms with Gasteiger partial charge in [-0.05, 0) is 12.1 Å². The van der Waals surface area contributed by atoms with Crippen LogP contribution in [0.2, 0.25) is 0 Å². The summed E-state index contributed by atoms with van der Waals surface area (Å²) in [6.07, 6.45) is 0. The lowest BCUT2D eigenvalue weighted by Gasteiger charge is -2.12. The molecule has 1 saturated heterocycles. The summed E-state index contributed by atoms with van der Waals surface area (Å²) in [4.78, 5) is 35.1. The Balaban J connectivity index is 1.65. The quantitative estimate of drug-likeness (QED) is 0.788. The molecule has 3 amide bonds. The van der Waals surface area contributed by atoms with Crippen LogP contribution >= 0.6 is 11.8 Å². The van der Waals surface area contributed by atoms with Crippen molar-refractivity contribution >= 4 is 28.8 Å². The fraction of sp³-hybridized carbons (Fsp3) is 0.308. The summed E-state index contributed by atoms with van der Waals surface area (Å²) in [5, 5.41) is 2.23. The van der Waals surface area contributed by atoms with Gasteiger partial charge in [-0.3, -0.25) is 19.3 Å². The van der Waals surface area contributed by atoms with Crippen LogP contribution in [0.4, 0.5) is 4.79 Å². The van der Waals surface area contributed by atoms with Gasteiger partial charge in [0.1, 0.15) is 18.9 Å². The van der Waals surface area contributed by atoms with E-state index in [0.717, 1.165) is 22.4 Å². The van der Waals surface area contributed by atoms with Gasteiger partial charge in [-0.15, -0.1) is 0 Å². The number of carbonyl (C=O) groups is 3. The van der Waals surface area contributed by atoms with E-state index >= 15 is 0 Å². The summed E-state index contributed by atoms with van der Waals surface area (Å²) < 4.78 is 5.40. The average molecular weight is 294 g/mol. The van der Waals surface area contributed by atoms with Crippen molar-refractivity contribution in [2.75, 3.05) is 25.4 Å². The van der Waals surface area contributed by atoms with E-state index in [1.165, 1.54) is 0 Å². The Kier molecular flexibility index (Phi) is 5.00. The van der Waals surface area contributed by atoms with Crippen molar-refractivity contribution in [3.8, 4) is 5.75 Å². The van der Waals surface area contributed by atoms with E-state index in [1.54, 1.807) is 0 Å². The van der Waals surface area contributed by atoms with Gasteiger partial charge < -0.3 is 10.1 Å². The lowest BCUT2D eigenvalue weighted by molar-refractivity contribution is -0.130. The van der Waals surface area contributed by atoms with Crippen molar-refractivity contribution in [1.82, 2.24) is 10.2 Å². The Morgan fingerprint density at radius 2 is 2.05 bits per heavy atom. The highest BCUT2D eigenvalue weighted by Gasteiger charge is 2.31. The minimum atomic E-state index is -0.370. The monoisotopic (exact) mass is 294 g/mol. The highest BCUT2D eigenvalue weighted by Crippen LogP contribution is 2.17. The Labute approximate surface area is 120 Å². The molecule has 0 saturated carbocycles. The molecule has 7 heteroatoms. The second-order valence-electron chi connectivity index (χ2n) is 4.05. The first-order chi connectivity index (χ1) is 9.66. The zero-order valence-corrected chi connectivity index (χ0v) is 11.5. The van der Waals surface area contributed by atoms with Crippen molar-refractivity contribution in [3.63, 3.8) is 0 Å². The van der Waals surface area contributed by atoms with Crippen molar-refractivity contribution < 1.29 is 19.1 Å². The van der Waals surface area contributed by atoms with Gasteiger partial charge in [-0.25, -0.2) is 0 Å². The molecule has 2 rings (SSSR count). The maximum absolute atomic E-state index is 11.6. The Bertz CT molecular complexity index is 490. The van der Waals surface area contributed by atoms with Crippen LogP contribution in [-0.2, 0) is 9.59 Å². The molecule has 106 valence electrons. The number of hydrogen-bond donors (Lipinski definition) is 1. The van der Waals surface area contributed by atoms with Crippen molar-refractivity contribution in [1.29, 1.82) is 0 Å². The molecular formula is C13H14N2O4S. The first-order valence-corrected chi connectivity index (χ1v) is 7.07. The predicted octanol–water partition coefficient (Wildman–Crippen LogP) is 0.877. The second kappa shape index (κ2) is 6.95. The molecule has 1 N–H and O–H groups in total. The second-order valence-corrected chi connectivity index (χ2v) is 4.97. The van der Waals surface area contributed by atoms with Gasteiger partial charge in [0.15, 0.2) is 0 Å². The predicted molar refractivity (Wildman–Crippen MR) is 74.5 cm³/mol. The summed E-state index contributed by atoms with van der Waals surface area (Å²) in [6, 6.07) is 9.24. The topological polar surface area (TPSA) is 75.7 Å². The summed E-state index contributed by atoms with van der Waals surface area (Å²) in [5.41, 5.74) is 0. The van der Waals surface area contributed by atoms with Gasteiger partial charge in [0.25, 0.3) is 5.24 Å². The van der Waals surface area contributed by atoms with E-state index in [-0.39, 0.29) is 29.4 Å². The molecule has 1 aliphatic rings. The summed E-state index contributed by atoms with van der Waals surface area (Å²) in [5.74, 6) is 0.146. The number of carbonyl (C=O) groups excluding carboxylic acids is 3. The van der Waals surface area contributed by atoms with Gasteiger partial charge in [-0.2, -0.15) is 0 Å². The molecule has 0 bridgehead atoms. The maximum Gasteiger partial charge on any atom is 0.289 e. The molecule has 1 aromatic rings. The molecular weight excluding hydrogens is 280 g/mol. The Morgan fingerprint density at radius 3 is 2.70 bits per heavy atom. The fourth-order valence-electron chi connectivity index (χ4n) is 1.61. The lowest BCUT2D eigenvalue weighted by Crippen LogP contribution is -2.40. The normalized spacial score (nSPS) is 14.5. The first-order valence-electron chi connectivity index (χ1n) is 6.08. The third-order valence-corrected chi connectivity index (χ3v) is 3.44. The van der Waals surface area contributed by atoms with Crippen LogP contribution in [0.25, 0.3) is 0 Å². The van der Waals surface area contributed by atoms with Crippen LogP contribution in [0.3, 0.4) is 0 Å². The molecule has 0 spiro atoms. The summed E-state index contributed by atoms with van der Waals surface area (Å²) in [6.45, 7) is 0.416. The summed E-state index contributed by atoms with van der Waals surface area (Å²) >= 11 is 0.914. The van der Waals surface area contributed by atoms with Gasteiger partial charge in [0, 0.05) is 0 Å². The number of amides is 3. The Morgan fingerprint density at radius 1 is 1.30 bits per heavy atom. The fourth-order valence-corrected chi connectivity index (χ4v) is 2.33. The highest BCUT2D eigenvalue weighted by molar-refractivity contribution is 8.14. The number of para-hydroxylation sites is 1. The summed E-state index contributed by atoms with van der Waals surface area (Å²) in [7, 11) is 0. The highest BCUT2D eigenvalue weighted by atomic mass is 32.2. The van der Waals surface area contributed by atoms with Gasteiger partial charge in [0.05, 0.1) is 12.3 Å². The molecule has 1 aromatic carbocycles. The van der Waals surface area contributed by atoms with Gasteiger partial charge >= 0.3 is 0 Å². The molecule has 20 heavy (non-hydrogen) atoms. The molecule has 1 fully saturated rings. The van der Waals surface area contributed by atoms with Crippen molar-refractivity contribution in [2.45, 2.75) is 0 Å². The molecule has 0 aromatic heterocycles. The number of thioether (sulfide) groups is 1. The number of benzene rings is 1. The largest absolute Gasteiger partial charge is 0.492 e. The number of rotatable bonds is 6. The molecule has 0 aliphatic carbocycles. The zero-order chi connectivity index (χ0) is 14.4. The molecule has 6 nitrogen and oxygen atoms in total. The minimum absolute atomic E-state index is 0.114. The molecule has 0 radical (unpaired) electrons. The van der Waals surface area contributed by atoms with Gasteiger partial charge in [0.2, 0.25) is 11.8 Å². The van der Waals surface area contributed by atoms with Crippen LogP contribution in [0.15, 0.2) is 30.3 Å². The maximum atomic E-state index is 11.6. The standard InChI is InChI=1S/C13H14N2O4S/c16-11(8-15-12(17)9-20-13(15)18)14-6-7-19-10-4-2-1-3-5-10/h1-5H,6-9H2,(H,14,16). The molecule has 1 aliphatic heterocycles. The molecule has 0 atom stereocenters. The van der Waals surface area contributed by atoms with E-state index in [1.807, 2.05) is 30.3 Å². The lowest BCUT2D eigenvalue weighted by atomic mass is 10.3. The third-order valence-electron chi connectivity index (χ3n) is 2.58. The van der Waals surface area contributed by atoms with Crippen LogP contribution in [0.5, 0.6) is 5.75 Å². The van der Waals surface area contributed by atoms with Crippen LogP contribution in [0.1, 0.15) is 0 Å². The molecule has 1 heterocycles. The number of imide groups is 1. The number of nitrogens with one attached hydrogen (secondary N) is 1. The number of nitrogens with zero attached hydrogens (tertiary/aromatic N) is 1. The van der Waals surface area contributed by atoms with Crippen LogP contribution in [-0.4, -0.2) is 47.4 Å². The van der Waals surface area contributed by atoms with E-state index in [0.29, 0.717) is 13.2 Å². The van der Waals surface area contributed by atoms with E-state index < -0.39 is 0 Å². The van der Waals surface area contributed by atoms with Crippen molar-refractivity contribution in [3.05, 3.63) is 30.3 Å². The van der Waals surface area contributed by atoms with Gasteiger partial charge in [-0.1, -0.05) is 30.0 Å². The number of ether oxygens (including phenoxy) is 1. The smallest absolute Gasteiger partial charge is 0.289 e. The Hall–Kier alpha value is -2.02.